The summed E-state index contributed by atoms with van der Waals surface area (Å²) in [6.07, 6.45) is 3.51. The summed E-state index contributed by atoms with van der Waals surface area (Å²) in [5, 5.41) is 3.20. The lowest BCUT2D eigenvalue weighted by atomic mass is 9.83. The molecule has 0 unspecified atom stereocenters. The van der Waals surface area contributed by atoms with E-state index in [4.69, 9.17) is 9.47 Å². The molecule has 1 heterocycles. The van der Waals surface area contributed by atoms with Gasteiger partial charge in [0.25, 0.3) is 0 Å². The summed E-state index contributed by atoms with van der Waals surface area (Å²) < 4.78 is 11.2. The molecule has 2 atom stereocenters. The molecular formula is C18H25NO3. The number of hydrogen-bond acceptors (Lipinski definition) is 3. The van der Waals surface area contributed by atoms with Crippen molar-refractivity contribution in [3.05, 3.63) is 23.8 Å². The molecule has 1 aliphatic heterocycles. The third kappa shape index (κ3) is 2.92. The Morgan fingerprint density at radius 1 is 1.27 bits per heavy atom. The zero-order valence-electron chi connectivity index (χ0n) is 13.6. The van der Waals surface area contributed by atoms with Gasteiger partial charge >= 0.3 is 0 Å². The molecule has 1 fully saturated rings. The summed E-state index contributed by atoms with van der Waals surface area (Å²) in [5.41, 5.74) is 0.386. The number of nitrogens with one attached hydrogen (secondary N) is 1. The van der Waals surface area contributed by atoms with Crippen molar-refractivity contribution in [2.45, 2.75) is 51.5 Å². The Bertz CT molecular complexity index is 567. The Labute approximate surface area is 132 Å². The van der Waals surface area contributed by atoms with Gasteiger partial charge in [-0.1, -0.05) is 19.4 Å². The van der Waals surface area contributed by atoms with E-state index < -0.39 is 5.41 Å². The fourth-order valence-electron chi connectivity index (χ4n) is 3.03. The number of fused-ring (bicyclic) bond motifs is 1. The molecule has 22 heavy (non-hydrogen) atoms. The first-order valence-electron chi connectivity index (χ1n) is 8.23. The monoisotopic (exact) mass is 303 g/mol. The first-order valence-corrected chi connectivity index (χ1v) is 8.23. The fraction of sp³-hybridized carbons (Fsp3) is 0.611. The minimum Gasteiger partial charge on any atom is -0.486 e. The van der Waals surface area contributed by atoms with Crippen molar-refractivity contribution in [1.29, 1.82) is 0 Å². The maximum Gasteiger partial charge on any atom is 0.230 e. The summed E-state index contributed by atoms with van der Waals surface area (Å²) in [4.78, 5) is 12.7. The van der Waals surface area contributed by atoms with Crippen LogP contribution in [0.2, 0.25) is 0 Å². The normalized spacial score (nSPS) is 23.0. The molecule has 4 heteroatoms. The molecule has 1 saturated carbocycles. The molecule has 4 nitrogen and oxygen atoms in total. The van der Waals surface area contributed by atoms with E-state index in [1.807, 2.05) is 32.0 Å². The molecular weight excluding hydrogens is 278 g/mol. The molecule has 1 amide bonds. The topological polar surface area (TPSA) is 47.6 Å². The molecule has 0 saturated heterocycles. The van der Waals surface area contributed by atoms with E-state index >= 15 is 0 Å². The Kier molecular flexibility index (Phi) is 4.02. The van der Waals surface area contributed by atoms with Crippen molar-refractivity contribution in [2.24, 2.45) is 5.92 Å². The Hall–Kier alpha value is -1.71. The fourth-order valence-corrected chi connectivity index (χ4v) is 3.03. The van der Waals surface area contributed by atoms with E-state index in [0.717, 1.165) is 23.5 Å². The minimum absolute atomic E-state index is 0.0905. The van der Waals surface area contributed by atoms with Gasteiger partial charge in [0.1, 0.15) is 13.2 Å². The number of carbonyl (C=O) groups excluding carboxylic acids is 1. The number of carbonyl (C=O) groups is 1. The van der Waals surface area contributed by atoms with Gasteiger partial charge in [-0.25, -0.2) is 0 Å². The van der Waals surface area contributed by atoms with Crippen LogP contribution in [0.4, 0.5) is 0 Å². The smallest absolute Gasteiger partial charge is 0.230 e. The number of amides is 1. The molecule has 0 aromatic heterocycles. The van der Waals surface area contributed by atoms with Crippen LogP contribution in [-0.2, 0) is 10.2 Å². The van der Waals surface area contributed by atoms with E-state index in [2.05, 4.69) is 12.2 Å². The lowest BCUT2D eigenvalue weighted by molar-refractivity contribution is -0.125. The summed E-state index contributed by atoms with van der Waals surface area (Å²) >= 11 is 0. The molecule has 1 aliphatic carbocycles. The van der Waals surface area contributed by atoms with Gasteiger partial charge in [-0.15, -0.1) is 0 Å². The van der Waals surface area contributed by atoms with Crippen LogP contribution in [0.3, 0.4) is 0 Å². The van der Waals surface area contributed by atoms with Gasteiger partial charge in [-0.05, 0) is 50.3 Å². The van der Waals surface area contributed by atoms with Gasteiger partial charge in [0.15, 0.2) is 11.5 Å². The Balaban J connectivity index is 1.70. The van der Waals surface area contributed by atoms with Crippen LogP contribution >= 0.6 is 0 Å². The second kappa shape index (κ2) is 5.82. The average molecular weight is 303 g/mol. The van der Waals surface area contributed by atoms with Crippen LogP contribution in [0, 0.1) is 5.92 Å². The SMILES string of the molecule is CCC[C@H]1C[C@H]1NC(=O)C(C)(C)c1ccc2c(c1)OCCO2. The van der Waals surface area contributed by atoms with Crippen LogP contribution in [0.25, 0.3) is 0 Å². The van der Waals surface area contributed by atoms with Crippen molar-refractivity contribution in [2.75, 3.05) is 13.2 Å². The second-order valence-corrected chi connectivity index (χ2v) is 6.85. The summed E-state index contributed by atoms with van der Waals surface area (Å²) in [5.74, 6) is 2.26. The number of hydrogen-bond donors (Lipinski definition) is 1. The Morgan fingerprint density at radius 2 is 2.00 bits per heavy atom. The summed E-state index contributed by atoms with van der Waals surface area (Å²) in [7, 11) is 0. The maximum atomic E-state index is 12.7. The van der Waals surface area contributed by atoms with E-state index in [9.17, 15) is 4.79 Å². The minimum atomic E-state index is -0.574. The predicted octanol–water partition coefficient (Wildman–Crippen LogP) is 3.04. The molecule has 1 aromatic carbocycles. The highest BCUT2D eigenvalue weighted by Crippen LogP contribution is 2.38. The molecule has 120 valence electrons. The lowest BCUT2D eigenvalue weighted by Crippen LogP contribution is -2.41. The molecule has 2 aliphatic rings. The first kappa shape index (κ1) is 15.2. The zero-order valence-corrected chi connectivity index (χ0v) is 13.6. The molecule has 3 rings (SSSR count). The summed E-state index contributed by atoms with van der Waals surface area (Å²) in [6, 6.07) is 6.16. The average Bonchev–Trinajstić information content (AvgIpc) is 3.24. The maximum absolute atomic E-state index is 12.7. The van der Waals surface area contributed by atoms with Crippen molar-refractivity contribution in [3.63, 3.8) is 0 Å². The van der Waals surface area contributed by atoms with Gasteiger partial charge < -0.3 is 14.8 Å². The molecule has 0 bridgehead atoms. The van der Waals surface area contributed by atoms with E-state index in [-0.39, 0.29) is 5.91 Å². The van der Waals surface area contributed by atoms with Crippen LogP contribution in [-0.4, -0.2) is 25.2 Å². The van der Waals surface area contributed by atoms with Gasteiger partial charge in [0.05, 0.1) is 5.41 Å². The van der Waals surface area contributed by atoms with Crippen molar-refractivity contribution in [1.82, 2.24) is 5.32 Å². The largest absolute Gasteiger partial charge is 0.486 e. The molecule has 0 radical (unpaired) electrons. The van der Waals surface area contributed by atoms with Crippen LogP contribution in [0.1, 0.15) is 45.6 Å². The van der Waals surface area contributed by atoms with Crippen molar-refractivity contribution >= 4 is 5.91 Å². The zero-order chi connectivity index (χ0) is 15.7. The standard InChI is InChI=1S/C18H25NO3/c1-4-5-12-10-14(12)19-17(20)18(2,3)13-6-7-15-16(11-13)22-9-8-21-15/h6-7,11-12,14H,4-5,8-10H2,1-3H3,(H,19,20)/t12-,14+/m0/s1. The van der Waals surface area contributed by atoms with Crippen LogP contribution in [0.5, 0.6) is 11.5 Å². The highest BCUT2D eigenvalue weighted by molar-refractivity contribution is 5.88. The number of rotatable bonds is 5. The lowest BCUT2D eigenvalue weighted by Gasteiger charge is -2.26. The molecule has 1 aromatic rings. The van der Waals surface area contributed by atoms with Gasteiger partial charge in [-0.3, -0.25) is 4.79 Å². The van der Waals surface area contributed by atoms with Gasteiger partial charge in [-0.2, -0.15) is 0 Å². The van der Waals surface area contributed by atoms with Crippen LogP contribution < -0.4 is 14.8 Å². The van der Waals surface area contributed by atoms with E-state index in [0.29, 0.717) is 25.2 Å². The quantitative estimate of drug-likeness (QED) is 0.909. The number of ether oxygens (including phenoxy) is 2. The number of benzene rings is 1. The van der Waals surface area contributed by atoms with Gasteiger partial charge in [0, 0.05) is 6.04 Å². The molecule has 0 spiro atoms. The third-order valence-corrected chi connectivity index (χ3v) is 4.73. The highest BCUT2D eigenvalue weighted by atomic mass is 16.6. The van der Waals surface area contributed by atoms with Crippen LogP contribution in [0.15, 0.2) is 18.2 Å². The summed E-state index contributed by atoms with van der Waals surface area (Å²) in [6.45, 7) is 7.26. The first-order chi connectivity index (χ1) is 10.5. The van der Waals surface area contributed by atoms with Gasteiger partial charge in [0.2, 0.25) is 5.91 Å². The van der Waals surface area contributed by atoms with E-state index in [1.54, 1.807) is 0 Å². The van der Waals surface area contributed by atoms with E-state index in [1.165, 1.54) is 12.8 Å². The third-order valence-electron chi connectivity index (χ3n) is 4.73. The molecule has 1 N–H and O–H groups in total. The highest BCUT2D eigenvalue weighted by Gasteiger charge is 2.40. The Morgan fingerprint density at radius 3 is 2.73 bits per heavy atom. The van der Waals surface area contributed by atoms with Crippen molar-refractivity contribution in [3.8, 4) is 11.5 Å². The second-order valence-electron chi connectivity index (χ2n) is 6.85. The van der Waals surface area contributed by atoms with Crippen molar-refractivity contribution < 1.29 is 14.3 Å². The predicted molar refractivity (Wildman–Crippen MR) is 85.4 cm³/mol.